The third-order valence-corrected chi connectivity index (χ3v) is 5.99. The molecule has 0 fully saturated rings. The van der Waals surface area contributed by atoms with Gasteiger partial charge in [0.05, 0.1) is 5.70 Å². The van der Waals surface area contributed by atoms with Crippen molar-refractivity contribution < 1.29 is 4.84 Å². The summed E-state index contributed by atoms with van der Waals surface area (Å²) >= 11 is 0. The number of benzene rings is 1. The normalized spacial score (nSPS) is 15.7. The molecule has 0 amide bonds. The zero-order chi connectivity index (χ0) is 21.9. The second-order valence-electron chi connectivity index (χ2n) is 8.95. The van der Waals surface area contributed by atoms with Crippen LogP contribution in [0.15, 0.2) is 29.8 Å². The standard InChI is InChI=1S/C24H35N5O/c1-6-29-21-15-24(4,5)12-11-20(21)22(28-29)23(30-26)27-17(3)19-10-9-18(8-7-13-25)14-16(19)2/h9-10,14H,3,6-8,11-13,15,25-26H2,1-2,4-5H3. The molecule has 3 rings (SSSR count). The number of hydrogen-bond donors (Lipinski definition) is 2. The molecule has 0 saturated heterocycles. The summed E-state index contributed by atoms with van der Waals surface area (Å²) in [6.45, 7) is 14.5. The maximum Gasteiger partial charge on any atom is 0.266 e. The number of aliphatic imine (C=N–C) groups is 1. The van der Waals surface area contributed by atoms with Crippen LogP contribution in [-0.4, -0.2) is 22.2 Å². The average molecular weight is 410 g/mol. The van der Waals surface area contributed by atoms with Gasteiger partial charge in [-0.25, -0.2) is 4.99 Å². The Morgan fingerprint density at radius 2 is 2.13 bits per heavy atom. The molecule has 1 aromatic carbocycles. The predicted molar refractivity (Wildman–Crippen MR) is 123 cm³/mol. The maximum atomic E-state index is 5.65. The Hall–Kier alpha value is -2.44. The molecule has 0 saturated carbocycles. The first kappa shape index (κ1) is 22.2. The molecule has 0 atom stereocenters. The molecule has 1 aromatic heterocycles. The Bertz CT molecular complexity index is 955. The van der Waals surface area contributed by atoms with Gasteiger partial charge >= 0.3 is 0 Å². The van der Waals surface area contributed by atoms with E-state index in [0.29, 0.717) is 18.1 Å². The van der Waals surface area contributed by atoms with Crippen molar-refractivity contribution >= 4 is 11.6 Å². The zero-order valence-electron chi connectivity index (χ0n) is 18.8. The van der Waals surface area contributed by atoms with Gasteiger partial charge in [-0.05, 0) is 69.0 Å². The molecule has 1 aliphatic carbocycles. The van der Waals surface area contributed by atoms with Crippen LogP contribution < -0.4 is 11.6 Å². The maximum absolute atomic E-state index is 5.65. The highest BCUT2D eigenvalue weighted by Gasteiger charge is 2.32. The van der Waals surface area contributed by atoms with Crippen molar-refractivity contribution in [2.75, 3.05) is 6.54 Å². The molecule has 1 heterocycles. The van der Waals surface area contributed by atoms with Crippen LogP contribution in [0, 0.1) is 12.3 Å². The molecule has 6 heteroatoms. The van der Waals surface area contributed by atoms with E-state index in [0.717, 1.165) is 55.5 Å². The number of hydrogen-bond acceptors (Lipinski definition) is 5. The van der Waals surface area contributed by atoms with Crippen LogP contribution in [0.5, 0.6) is 0 Å². The number of fused-ring (bicyclic) bond motifs is 1. The van der Waals surface area contributed by atoms with E-state index in [1.807, 2.05) is 0 Å². The molecule has 0 spiro atoms. The lowest BCUT2D eigenvalue weighted by atomic mass is 9.76. The molecular formula is C24H35N5O. The lowest BCUT2D eigenvalue weighted by Crippen LogP contribution is -2.24. The summed E-state index contributed by atoms with van der Waals surface area (Å²) in [6, 6.07) is 6.34. The summed E-state index contributed by atoms with van der Waals surface area (Å²) in [5.41, 5.74) is 13.1. The van der Waals surface area contributed by atoms with E-state index in [1.54, 1.807) is 0 Å². The van der Waals surface area contributed by atoms with Crippen molar-refractivity contribution in [3.63, 3.8) is 0 Å². The summed E-state index contributed by atoms with van der Waals surface area (Å²) < 4.78 is 2.06. The lowest BCUT2D eigenvalue weighted by Gasteiger charge is -2.30. The number of nitrogens with two attached hydrogens (primary N) is 2. The van der Waals surface area contributed by atoms with Gasteiger partial charge in [0.15, 0.2) is 5.69 Å². The van der Waals surface area contributed by atoms with Gasteiger partial charge in [0, 0.05) is 23.4 Å². The highest BCUT2D eigenvalue weighted by Crippen LogP contribution is 2.36. The Morgan fingerprint density at radius 3 is 2.77 bits per heavy atom. The SMILES string of the molecule is C=C(N=C(ON)c1nn(CC)c2c1CCC(C)(C)C2)c1ccc(CCCN)cc1C. The highest BCUT2D eigenvalue weighted by atomic mass is 16.6. The van der Waals surface area contributed by atoms with E-state index in [-0.39, 0.29) is 5.41 Å². The van der Waals surface area contributed by atoms with Gasteiger partial charge in [0.2, 0.25) is 0 Å². The quantitative estimate of drug-likeness (QED) is 0.412. The first-order valence-corrected chi connectivity index (χ1v) is 10.8. The number of nitrogens with zero attached hydrogens (tertiary/aromatic N) is 3. The molecule has 6 nitrogen and oxygen atoms in total. The molecule has 30 heavy (non-hydrogen) atoms. The Kier molecular flexibility index (Phi) is 6.78. The lowest BCUT2D eigenvalue weighted by molar-refractivity contribution is 0.304. The second kappa shape index (κ2) is 9.14. The van der Waals surface area contributed by atoms with Gasteiger partial charge in [-0.1, -0.05) is 38.6 Å². The third kappa shape index (κ3) is 4.65. The van der Waals surface area contributed by atoms with Gasteiger partial charge in [-0.15, -0.1) is 0 Å². The van der Waals surface area contributed by atoms with Crippen LogP contribution in [0.4, 0.5) is 0 Å². The molecule has 2 aromatic rings. The van der Waals surface area contributed by atoms with Crippen LogP contribution in [0.3, 0.4) is 0 Å². The van der Waals surface area contributed by atoms with Crippen molar-refractivity contribution in [3.8, 4) is 0 Å². The third-order valence-electron chi connectivity index (χ3n) is 5.99. The van der Waals surface area contributed by atoms with E-state index in [2.05, 4.69) is 62.1 Å². The minimum Gasteiger partial charge on any atom is -0.389 e. The molecule has 0 unspecified atom stereocenters. The van der Waals surface area contributed by atoms with E-state index in [1.165, 1.54) is 16.8 Å². The molecule has 0 bridgehead atoms. The van der Waals surface area contributed by atoms with E-state index < -0.39 is 0 Å². The smallest absolute Gasteiger partial charge is 0.266 e. The molecule has 162 valence electrons. The first-order chi connectivity index (χ1) is 14.3. The topological polar surface area (TPSA) is 91.5 Å². The average Bonchev–Trinajstić information content (AvgIpc) is 3.06. The summed E-state index contributed by atoms with van der Waals surface area (Å²) in [5, 5.41) is 4.79. The summed E-state index contributed by atoms with van der Waals surface area (Å²) in [5.74, 6) is 5.98. The van der Waals surface area contributed by atoms with Crippen molar-refractivity contribution in [2.45, 2.75) is 66.3 Å². The summed E-state index contributed by atoms with van der Waals surface area (Å²) in [7, 11) is 0. The molecule has 4 N–H and O–H groups in total. The first-order valence-electron chi connectivity index (χ1n) is 10.8. The van der Waals surface area contributed by atoms with Crippen LogP contribution >= 0.6 is 0 Å². The fraction of sp³-hybridized carbons (Fsp3) is 0.500. The summed E-state index contributed by atoms with van der Waals surface area (Å²) in [4.78, 5) is 9.88. The van der Waals surface area contributed by atoms with E-state index in [4.69, 9.17) is 21.6 Å². The van der Waals surface area contributed by atoms with Crippen molar-refractivity contribution in [1.82, 2.24) is 9.78 Å². The zero-order valence-corrected chi connectivity index (χ0v) is 18.8. The van der Waals surface area contributed by atoms with Gasteiger partial charge in [-0.3, -0.25) is 4.68 Å². The molecule has 0 radical (unpaired) electrons. The number of aryl methyl sites for hydroxylation is 3. The van der Waals surface area contributed by atoms with Crippen LogP contribution in [-0.2, 0) is 30.6 Å². The van der Waals surface area contributed by atoms with E-state index in [9.17, 15) is 0 Å². The Balaban J connectivity index is 1.93. The second-order valence-corrected chi connectivity index (χ2v) is 8.95. The van der Waals surface area contributed by atoms with Gasteiger partial charge in [0.1, 0.15) is 0 Å². The minimum atomic E-state index is 0.268. The fourth-order valence-electron chi connectivity index (χ4n) is 4.26. The number of aromatic nitrogens is 2. The minimum absolute atomic E-state index is 0.268. The fourth-order valence-corrected chi connectivity index (χ4v) is 4.26. The van der Waals surface area contributed by atoms with Crippen molar-refractivity contribution in [2.24, 2.45) is 22.0 Å². The number of rotatable bonds is 7. The van der Waals surface area contributed by atoms with Gasteiger partial charge in [-0.2, -0.15) is 11.0 Å². The predicted octanol–water partition coefficient (Wildman–Crippen LogP) is 3.93. The highest BCUT2D eigenvalue weighted by molar-refractivity contribution is 5.97. The summed E-state index contributed by atoms with van der Waals surface area (Å²) in [6.07, 6.45) is 4.99. The van der Waals surface area contributed by atoms with Gasteiger partial charge < -0.3 is 10.6 Å². The molecule has 1 aliphatic rings. The van der Waals surface area contributed by atoms with Crippen LogP contribution in [0.2, 0.25) is 0 Å². The Labute approximate surface area is 180 Å². The van der Waals surface area contributed by atoms with Crippen molar-refractivity contribution in [1.29, 1.82) is 0 Å². The largest absolute Gasteiger partial charge is 0.389 e. The van der Waals surface area contributed by atoms with Crippen molar-refractivity contribution in [3.05, 3.63) is 58.4 Å². The van der Waals surface area contributed by atoms with E-state index >= 15 is 0 Å². The molecule has 0 aliphatic heterocycles. The van der Waals surface area contributed by atoms with Gasteiger partial charge in [0.25, 0.3) is 5.90 Å². The monoisotopic (exact) mass is 409 g/mol. The molecular weight excluding hydrogens is 374 g/mol. The van der Waals surface area contributed by atoms with Crippen LogP contribution in [0.25, 0.3) is 5.70 Å². The van der Waals surface area contributed by atoms with Crippen LogP contribution in [0.1, 0.15) is 67.3 Å². The Morgan fingerprint density at radius 1 is 1.37 bits per heavy atom.